The van der Waals surface area contributed by atoms with Crippen molar-refractivity contribution < 1.29 is 4.79 Å². The van der Waals surface area contributed by atoms with Gasteiger partial charge >= 0.3 is 0 Å². The average Bonchev–Trinajstić information content (AvgIpc) is 3.44. The van der Waals surface area contributed by atoms with Crippen molar-refractivity contribution in [3.8, 4) is 0 Å². The van der Waals surface area contributed by atoms with E-state index in [1.54, 1.807) is 6.33 Å². The van der Waals surface area contributed by atoms with E-state index in [0.717, 1.165) is 24.8 Å². The smallest absolute Gasteiger partial charge is 0.233 e. The van der Waals surface area contributed by atoms with Gasteiger partial charge in [-0.05, 0) is 37.3 Å². The fourth-order valence-corrected chi connectivity index (χ4v) is 4.00. The summed E-state index contributed by atoms with van der Waals surface area (Å²) < 4.78 is 1.92. The van der Waals surface area contributed by atoms with E-state index in [1.807, 2.05) is 27.8 Å². The molecule has 2 aliphatic rings. The van der Waals surface area contributed by atoms with Crippen LogP contribution in [0.4, 0.5) is 5.95 Å². The third-order valence-corrected chi connectivity index (χ3v) is 5.63. The normalized spacial score (nSPS) is 21.7. The van der Waals surface area contributed by atoms with Crippen LogP contribution < -0.4 is 4.90 Å². The highest BCUT2D eigenvalue weighted by Gasteiger charge is 2.44. The largest absolute Gasteiger partial charge is 0.274 e. The summed E-state index contributed by atoms with van der Waals surface area (Å²) in [5, 5.41) is 4.49. The fourth-order valence-electron chi connectivity index (χ4n) is 4.00. The molecule has 0 radical (unpaired) electrons. The standard InChI is InChI=1S/C22H22N4O/c1-15-7-9-17(10-8-15)20-13-19(16-5-3-2-4-6-16)25(21(27)18-11-12-18)22-23-14-24-26(20)22/h2-10,14,18-20H,11-13H2,1H3/t19-,20-/m0/s1. The Morgan fingerprint density at radius 3 is 2.37 bits per heavy atom. The van der Waals surface area contributed by atoms with Crippen LogP contribution in [0.25, 0.3) is 0 Å². The predicted octanol–water partition coefficient (Wildman–Crippen LogP) is 4.06. The maximum Gasteiger partial charge on any atom is 0.233 e. The molecule has 5 heteroatoms. The second-order valence-electron chi connectivity index (χ2n) is 7.58. The van der Waals surface area contributed by atoms with E-state index < -0.39 is 0 Å². The molecule has 1 aliphatic carbocycles. The number of hydrogen-bond acceptors (Lipinski definition) is 3. The number of carbonyl (C=O) groups excluding carboxylic acids is 1. The van der Waals surface area contributed by atoms with Gasteiger partial charge in [-0.15, -0.1) is 0 Å². The quantitative estimate of drug-likeness (QED) is 0.709. The molecule has 0 saturated heterocycles. The van der Waals surface area contributed by atoms with Crippen molar-refractivity contribution in [2.24, 2.45) is 5.92 Å². The summed E-state index contributed by atoms with van der Waals surface area (Å²) in [5.41, 5.74) is 3.59. The molecule has 1 fully saturated rings. The highest BCUT2D eigenvalue weighted by molar-refractivity contribution is 5.96. The van der Waals surface area contributed by atoms with Crippen LogP contribution in [0.1, 0.15) is 48.0 Å². The van der Waals surface area contributed by atoms with Gasteiger partial charge < -0.3 is 0 Å². The molecule has 3 aromatic rings. The molecule has 1 saturated carbocycles. The van der Waals surface area contributed by atoms with Crippen LogP contribution in [-0.4, -0.2) is 20.7 Å². The van der Waals surface area contributed by atoms with Crippen LogP contribution in [0.2, 0.25) is 0 Å². The summed E-state index contributed by atoms with van der Waals surface area (Å²) in [6, 6.07) is 18.9. The molecule has 5 rings (SSSR count). The lowest BCUT2D eigenvalue weighted by atomic mass is 9.91. The van der Waals surface area contributed by atoms with E-state index >= 15 is 0 Å². The molecular weight excluding hydrogens is 336 g/mol. The molecule has 5 nitrogen and oxygen atoms in total. The van der Waals surface area contributed by atoms with Crippen LogP contribution in [0.5, 0.6) is 0 Å². The number of carbonyl (C=O) groups is 1. The Balaban J connectivity index is 1.62. The van der Waals surface area contributed by atoms with E-state index in [1.165, 1.54) is 11.1 Å². The summed E-state index contributed by atoms with van der Waals surface area (Å²) in [6.07, 6.45) is 4.32. The van der Waals surface area contributed by atoms with Gasteiger partial charge in [0.2, 0.25) is 11.9 Å². The number of hydrogen-bond donors (Lipinski definition) is 0. The number of fused-ring (bicyclic) bond motifs is 1. The Hall–Kier alpha value is -2.95. The molecular formula is C22H22N4O. The number of aromatic nitrogens is 3. The first-order chi connectivity index (χ1) is 13.2. The number of anilines is 1. The molecule has 1 amide bonds. The Bertz CT molecular complexity index is 959. The Morgan fingerprint density at radius 1 is 0.963 bits per heavy atom. The van der Waals surface area contributed by atoms with Gasteiger partial charge in [0.15, 0.2) is 0 Å². The first-order valence-corrected chi connectivity index (χ1v) is 9.56. The number of nitrogens with zero attached hydrogens (tertiary/aromatic N) is 4. The van der Waals surface area contributed by atoms with Crippen LogP contribution in [0.3, 0.4) is 0 Å². The van der Waals surface area contributed by atoms with E-state index in [0.29, 0.717) is 5.95 Å². The Labute approximate surface area is 158 Å². The second-order valence-corrected chi connectivity index (χ2v) is 7.58. The minimum atomic E-state index is -0.0256. The molecule has 136 valence electrons. The summed E-state index contributed by atoms with van der Waals surface area (Å²) in [7, 11) is 0. The molecule has 1 aromatic heterocycles. The van der Waals surface area contributed by atoms with Crippen molar-refractivity contribution in [2.45, 2.75) is 38.3 Å². The molecule has 2 heterocycles. The zero-order chi connectivity index (χ0) is 18.4. The van der Waals surface area contributed by atoms with Gasteiger partial charge in [0, 0.05) is 5.92 Å². The highest BCUT2D eigenvalue weighted by atomic mass is 16.2. The number of aryl methyl sites for hydroxylation is 1. The zero-order valence-electron chi connectivity index (χ0n) is 15.3. The topological polar surface area (TPSA) is 51.0 Å². The number of benzene rings is 2. The summed E-state index contributed by atoms with van der Waals surface area (Å²) in [5.74, 6) is 0.982. The zero-order valence-corrected chi connectivity index (χ0v) is 15.3. The molecule has 2 atom stereocenters. The molecule has 2 aromatic carbocycles. The summed E-state index contributed by atoms with van der Waals surface area (Å²) >= 11 is 0. The Kier molecular flexibility index (Phi) is 3.81. The van der Waals surface area contributed by atoms with Crippen LogP contribution in [0.15, 0.2) is 60.9 Å². The minimum absolute atomic E-state index is 0.0256. The van der Waals surface area contributed by atoms with Crippen molar-refractivity contribution in [3.05, 3.63) is 77.6 Å². The van der Waals surface area contributed by atoms with Gasteiger partial charge in [0.05, 0.1) is 12.1 Å². The monoisotopic (exact) mass is 358 g/mol. The lowest BCUT2D eigenvalue weighted by Gasteiger charge is -2.39. The number of amides is 1. The van der Waals surface area contributed by atoms with Crippen LogP contribution in [0, 0.1) is 12.8 Å². The molecule has 0 spiro atoms. The summed E-state index contributed by atoms with van der Waals surface area (Å²) in [6.45, 7) is 2.09. The first-order valence-electron chi connectivity index (χ1n) is 9.56. The maximum absolute atomic E-state index is 13.1. The van der Waals surface area contributed by atoms with Gasteiger partial charge in [-0.1, -0.05) is 60.2 Å². The first kappa shape index (κ1) is 16.2. The van der Waals surface area contributed by atoms with Crippen molar-refractivity contribution >= 4 is 11.9 Å². The molecule has 1 aliphatic heterocycles. The molecule has 0 N–H and O–H groups in total. The Morgan fingerprint density at radius 2 is 1.67 bits per heavy atom. The van der Waals surface area contributed by atoms with E-state index in [4.69, 9.17) is 0 Å². The van der Waals surface area contributed by atoms with Crippen molar-refractivity contribution in [2.75, 3.05) is 4.90 Å². The third-order valence-electron chi connectivity index (χ3n) is 5.63. The van der Waals surface area contributed by atoms with Gasteiger partial charge in [-0.2, -0.15) is 10.1 Å². The highest BCUT2D eigenvalue weighted by Crippen LogP contribution is 2.44. The second kappa shape index (κ2) is 6.34. The van der Waals surface area contributed by atoms with Crippen molar-refractivity contribution in [1.82, 2.24) is 14.8 Å². The lowest BCUT2D eigenvalue weighted by molar-refractivity contribution is -0.120. The number of rotatable bonds is 3. The van der Waals surface area contributed by atoms with Gasteiger partial charge in [-0.25, -0.2) is 4.68 Å². The van der Waals surface area contributed by atoms with Gasteiger partial charge in [0.25, 0.3) is 0 Å². The molecule has 0 unspecified atom stereocenters. The fraction of sp³-hybridized carbons (Fsp3) is 0.318. The molecule has 0 bridgehead atoms. The maximum atomic E-state index is 13.1. The van der Waals surface area contributed by atoms with Crippen LogP contribution in [-0.2, 0) is 4.79 Å². The minimum Gasteiger partial charge on any atom is -0.274 e. The molecule has 27 heavy (non-hydrogen) atoms. The van der Waals surface area contributed by atoms with Crippen LogP contribution >= 0.6 is 0 Å². The van der Waals surface area contributed by atoms with Crippen molar-refractivity contribution in [3.63, 3.8) is 0 Å². The van der Waals surface area contributed by atoms with Crippen molar-refractivity contribution in [1.29, 1.82) is 0 Å². The van der Waals surface area contributed by atoms with E-state index in [2.05, 4.69) is 53.4 Å². The summed E-state index contributed by atoms with van der Waals surface area (Å²) in [4.78, 5) is 19.5. The van der Waals surface area contributed by atoms with Gasteiger partial charge in [0.1, 0.15) is 6.33 Å². The van der Waals surface area contributed by atoms with Gasteiger partial charge in [-0.3, -0.25) is 9.69 Å². The lowest BCUT2D eigenvalue weighted by Crippen LogP contribution is -2.43. The predicted molar refractivity (Wildman–Crippen MR) is 103 cm³/mol. The SMILES string of the molecule is Cc1ccc([C@@H]2C[C@@H](c3ccccc3)N(C(=O)C3CC3)c3ncnn32)cc1. The van der Waals surface area contributed by atoms with E-state index in [9.17, 15) is 4.79 Å². The average molecular weight is 358 g/mol. The third kappa shape index (κ3) is 2.83. The van der Waals surface area contributed by atoms with E-state index in [-0.39, 0.29) is 23.9 Å².